The Bertz CT molecular complexity index is 986. The van der Waals surface area contributed by atoms with Crippen LogP contribution in [0, 0.1) is 0 Å². The van der Waals surface area contributed by atoms with Crippen LogP contribution in [0.3, 0.4) is 0 Å². The van der Waals surface area contributed by atoms with Gasteiger partial charge < -0.3 is 9.47 Å². The number of fused-ring (bicyclic) bond motifs is 1. The fourth-order valence-corrected chi connectivity index (χ4v) is 3.25. The Morgan fingerprint density at radius 3 is 2.86 bits per heavy atom. The maximum Gasteiger partial charge on any atom is 0.152 e. The minimum Gasteiger partial charge on any atom is -0.495 e. The first-order valence-electron chi connectivity index (χ1n) is 9.28. The summed E-state index contributed by atoms with van der Waals surface area (Å²) in [5, 5.41) is 0.934. The number of hydrogen-bond acceptors (Lipinski definition) is 7. The Hall–Kier alpha value is -2.90. The lowest BCUT2D eigenvalue weighted by atomic mass is 10.1. The number of ketones is 1. The summed E-state index contributed by atoms with van der Waals surface area (Å²) >= 11 is 0. The lowest BCUT2D eigenvalue weighted by Crippen LogP contribution is -2.39. The number of morpholine rings is 1. The van der Waals surface area contributed by atoms with E-state index in [1.807, 2.05) is 24.3 Å². The number of carbonyl (C=O) groups is 1. The van der Waals surface area contributed by atoms with E-state index in [0.717, 1.165) is 40.9 Å². The van der Waals surface area contributed by atoms with Gasteiger partial charge in [-0.2, -0.15) is 0 Å². The predicted molar refractivity (Wildman–Crippen MR) is 105 cm³/mol. The summed E-state index contributed by atoms with van der Waals surface area (Å²) in [6, 6.07) is 7.70. The van der Waals surface area contributed by atoms with Crippen molar-refractivity contribution in [3.63, 3.8) is 0 Å². The zero-order valence-electron chi connectivity index (χ0n) is 15.8. The van der Waals surface area contributed by atoms with Crippen molar-refractivity contribution in [3.8, 4) is 17.0 Å². The standard InChI is InChI=1S/C21H22N4O3/c1-27-19-8-16(11-22-13-19)20-3-2-15-12-23-17(10-21(15)24-20)9-18(26)14-25-4-6-28-7-5-25/h2-3,8,10-13H,4-7,9,14H2,1H3. The summed E-state index contributed by atoms with van der Waals surface area (Å²) in [6.07, 6.45) is 5.49. The quantitative estimate of drug-likeness (QED) is 0.650. The molecule has 1 aliphatic heterocycles. The van der Waals surface area contributed by atoms with Gasteiger partial charge in [0.15, 0.2) is 5.78 Å². The van der Waals surface area contributed by atoms with Gasteiger partial charge in [-0.25, -0.2) is 4.98 Å². The number of methoxy groups -OCH3 is 1. The molecule has 0 atom stereocenters. The van der Waals surface area contributed by atoms with E-state index in [-0.39, 0.29) is 5.78 Å². The molecule has 0 saturated carbocycles. The molecular formula is C21H22N4O3. The largest absolute Gasteiger partial charge is 0.495 e. The topological polar surface area (TPSA) is 77.4 Å². The maximum absolute atomic E-state index is 12.4. The van der Waals surface area contributed by atoms with Crippen LogP contribution in [0.2, 0.25) is 0 Å². The van der Waals surface area contributed by atoms with Crippen LogP contribution in [0.5, 0.6) is 5.75 Å². The summed E-state index contributed by atoms with van der Waals surface area (Å²) in [4.78, 5) is 27.9. The third-order valence-corrected chi connectivity index (χ3v) is 4.76. The Balaban J connectivity index is 1.53. The number of aromatic nitrogens is 3. The first-order valence-corrected chi connectivity index (χ1v) is 9.28. The number of rotatable bonds is 6. The van der Waals surface area contributed by atoms with Crippen LogP contribution in [0.15, 0.2) is 42.9 Å². The Morgan fingerprint density at radius 1 is 1.18 bits per heavy atom. The van der Waals surface area contributed by atoms with Crippen LogP contribution in [-0.2, 0) is 16.0 Å². The highest BCUT2D eigenvalue weighted by Crippen LogP contribution is 2.23. The second kappa shape index (κ2) is 8.41. The first-order chi connectivity index (χ1) is 13.7. The van der Waals surface area contributed by atoms with Crippen molar-refractivity contribution in [1.82, 2.24) is 19.9 Å². The van der Waals surface area contributed by atoms with E-state index in [1.54, 1.807) is 25.7 Å². The number of pyridine rings is 3. The second-order valence-electron chi connectivity index (χ2n) is 6.78. The molecular weight excluding hydrogens is 356 g/mol. The molecule has 1 aliphatic rings. The van der Waals surface area contributed by atoms with Crippen LogP contribution in [0.4, 0.5) is 0 Å². The summed E-state index contributed by atoms with van der Waals surface area (Å²) in [5.74, 6) is 0.838. The zero-order valence-corrected chi connectivity index (χ0v) is 15.8. The lowest BCUT2D eigenvalue weighted by molar-refractivity contribution is -0.120. The minimum absolute atomic E-state index is 0.155. The molecule has 144 valence electrons. The molecule has 1 fully saturated rings. The van der Waals surface area contributed by atoms with E-state index in [0.29, 0.717) is 31.9 Å². The number of ether oxygens (including phenoxy) is 2. The highest BCUT2D eigenvalue weighted by Gasteiger charge is 2.15. The lowest BCUT2D eigenvalue weighted by Gasteiger charge is -2.25. The fraction of sp³-hybridized carbons (Fsp3) is 0.333. The molecule has 0 aromatic carbocycles. The van der Waals surface area contributed by atoms with E-state index in [2.05, 4.69) is 14.9 Å². The molecule has 7 nitrogen and oxygen atoms in total. The molecule has 0 amide bonds. The van der Waals surface area contributed by atoms with Gasteiger partial charge in [0.05, 0.1) is 50.7 Å². The molecule has 4 rings (SSSR count). The molecule has 7 heteroatoms. The maximum atomic E-state index is 12.4. The smallest absolute Gasteiger partial charge is 0.152 e. The van der Waals surface area contributed by atoms with Gasteiger partial charge in [0.25, 0.3) is 0 Å². The molecule has 28 heavy (non-hydrogen) atoms. The molecule has 1 saturated heterocycles. The molecule has 0 bridgehead atoms. The van der Waals surface area contributed by atoms with Gasteiger partial charge in [-0.15, -0.1) is 0 Å². The normalized spacial score (nSPS) is 14.9. The third-order valence-electron chi connectivity index (χ3n) is 4.76. The van der Waals surface area contributed by atoms with Gasteiger partial charge in [0.2, 0.25) is 0 Å². The van der Waals surface area contributed by atoms with Gasteiger partial charge in [0.1, 0.15) is 5.75 Å². The number of nitrogens with zero attached hydrogens (tertiary/aromatic N) is 4. The van der Waals surface area contributed by atoms with Crippen LogP contribution in [-0.4, -0.2) is 65.6 Å². The highest BCUT2D eigenvalue weighted by molar-refractivity contribution is 5.85. The van der Waals surface area contributed by atoms with Crippen LogP contribution in [0.25, 0.3) is 22.2 Å². The van der Waals surface area contributed by atoms with Crippen molar-refractivity contribution in [2.45, 2.75) is 6.42 Å². The van der Waals surface area contributed by atoms with E-state index in [9.17, 15) is 4.79 Å². The predicted octanol–water partition coefficient (Wildman–Crippen LogP) is 2.14. The molecule has 0 spiro atoms. The van der Waals surface area contributed by atoms with Gasteiger partial charge in [-0.3, -0.25) is 19.7 Å². The summed E-state index contributed by atoms with van der Waals surface area (Å²) < 4.78 is 10.6. The van der Waals surface area contributed by atoms with Crippen molar-refractivity contribution in [3.05, 3.63) is 48.5 Å². The molecule has 0 radical (unpaired) electrons. The average molecular weight is 378 g/mol. The van der Waals surface area contributed by atoms with Gasteiger partial charge in [0, 0.05) is 42.1 Å². The highest BCUT2D eigenvalue weighted by atomic mass is 16.5. The fourth-order valence-electron chi connectivity index (χ4n) is 3.25. The molecule has 3 aromatic heterocycles. The Kier molecular flexibility index (Phi) is 5.55. The molecule has 0 unspecified atom stereocenters. The molecule has 0 aliphatic carbocycles. The second-order valence-corrected chi connectivity index (χ2v) is 6.78. The monoisotopic (exact) mass is 378 g/mol. The third kappa shape index (κ3) is 4.32. The van der Waals surface area contributed by atoms with Crippen molar-refractivity contribution < 1.29 is 14.3 Å². The summed E-state index contributed by atoms with van der Waals surface area (Å²) in [7, 11) is 1.61. The molecule has 4 heterocycles. The van der Waals surface area contributed by atoms with Crippen LogP contribution < -0.4 is 4.74 Å². The van der Waals surface area contributed by atoms with E-state index < -0.39 is 0 Å². The van der Waals surface area contributed by atoms with Gasteiger partial charge in [-0.1, -0.05) is 0 Å². The van der Waals surface area contributed by atoms with E-state index in [1.165, 1.54) is 0 Å². The van der Waals surface area contributed by atoms with Gasteiger partial charge in [-0.05, 0) is 24.3 Å². The average Bonchev–Trinajstić information content (AvgIpc) is 2.74. The van der Waals surface area contributed by atoms with Crippen molar-refractivity contribution in [2.75, 3.05) is 40.0 Å². The number of Topliss-reactive ketones (excluding diaryl/α,β-unsaturated/α-hetero) is 1. The number of carbonyl (C=O) groups excluding carboxylic acids is 1. The SMILES string of the molecule is COc1cncc(-c2ccc3cnc(CC(=O)CN4CCOCC4)cc3n2)c1. The van der Waals surface area contributed by atoms with Gasteiger partial charge >= 0.3 is 0 Å². The van der Waals surface area contributed by atoms with Crippen LogP contribution in [0.1, 0.15) is 5.69 Å². The summed E-state index contributed by atoms with van der Waals surface area (Å²) in [6.45, 7) is 3.42. The Morgan fingerprint density at radius 2 is 2.04 bits per heavy atom. The Labute approximate surface area is 163 Å². The van der Waals surface area contributed by atoms with E-state index in [4.69, 9.17) is 14.5 Å². The van der Waals surface area contributed by atoms with Crippen molar-refractivity contribution in [2.24, 2.45) is 0 Å². The zero-order chi connectivity index (χ0) is 19.3. The summed E-state index contributed by atoms with van der Waals surface area (Å²) in [5.41, 5.74) is 3.22. The number of hydrogen-bond donors (Lipinski definition) is 0. The first kappa shape index (κ1) is 18.5. The van der Waals surface area contributed by atoms with Crippen LogP contribution >= 0.6 is 0 Å². The van der Waals surface area contributed by atoms with Crippen molar-refractivity contribution >= 4 is 16.7 Å². The minimum atomic E-state index is 0.155. The molecule has 3 aromatic rings. The molecule has 0 N–H and O–H groups in total. The van der Waals surface area contributed by atoms with E-state index >= 15 is 0 Å². The van der Waals surface area contributed by atoms with Crippen molar-refractivity contribution in [1.29, 1.82) is 0 Å².